The van der Waals surface area contributed by atoms with Gasteiger partial charge in [0.25, 0.3) is 0 Å². The number of ether oxygens (including phenoxy) is 1. The van der Waals surface area contributed by atoms with Crippen LogP contribution in [0.3, 0.4) is 0 Å². The molecule has 0 fully saturated rings. The fourth-order valence-electron chi connectivity index (χ4n) is 2.71. The molecule has 0 atom stereocenters. The van der Waals surface area contributed by atoms with Crippen molar-refractivity contribution in [3.8, 4) is 5.75 Å². The summed E-state index contributed by atoms with van der Waals surface area (Å²) in [5.41, 5.74) is 2.62. The first-order valence-corrected chi connectivity index (χ1v) is 9.45. The van der Waals surface area contributed by atoms with Crippen molar-refractivity contribution in [3.05, 3.63) is 65.7 Å². The molecule has 26 heavy (non-hydrogen) atoms. The Balaban J connectivity index is 1.52. The summed E-state index contributed by atoms with van der Waals surface area (Å²) in [6, 6.07) is 18.8. The molecule has 2 aromatic carbocycles. The van der Waals surface area contributed by atoms with Crippen LogP contribution in [0.1, 0.15) is 37.3 Å². The molecule has 2 rings (SSSR count). The monoisotopic (exact) mass is 354 g/mol. The van der Waals surface area contributed by atoms with Crippen molar-refractivity contribution in [1.82, 2.24) is 10.6 Å². The van der Waals surface area contributed by atoms with Gasteiger partial charge < -0.3 is 15.4 Å². The van der Waals surface area contributed by atoms with Crippen LogP contribution in [0.15, 0.2) is 54.6 Å². The standard InChI is InChI=1S/C22H30N2O2/c1-19(25)24-16-15-23-18-21-11-13-22(14-12-21)26-17-7-3-6-10-20-8-4-2-5-9-20/h2,4-5,8-9,11-14,23H,3,6-7,10,15-18H2,1H3,(H,24,25). The predicted octanol–water partition coefficient (Wildman–Crippen LogP) is 3.70. The van der Waals surface area contributed by atoms with E-state index in [1.54, 1.807) is 0 Å². The molecule has 2 aromatic rings. The molecule has 0 unspecified atom stereocenters. The minimum Gasteiger partial charge on any atom is -0.494 e. The number of nitrogens with one attached hydrogen (secondary N) is 2. The Hall–Kier alpha value is -2.33. The van der Waals surface area contributed by atoms with Crippen LogP contribution >= 0.6 is 0 Å². The second-order valence-corrected chi connectivity index (χ2v) is 6.45. The highest BCUT2D eigenvalue weighted by Gasteiger charge is 1.98. The summed E-state index contributed by atoms with van der Waals surface area (Å²) < 4.78 is 5.81. The topological polar surface area (TPSA) is 50.4 Å². The maximum Gasteiger partial charge on any atom is 0.216 e. The summed E-state index contributed by atoms with van der Waals surface area (Å²) in [4.78, 5) is 10.8. The van der Waals surface area contributed by atoms with E-state index in [4.69, 9.17) is 4.74 Å². The third-order valence-electron chi connectivity index (χ3n) is 4.15. The number of hydrogen-bond donors (Lipinski definition) is 2. The van der Waals surface area contributed by atoms with E-state index < -0.39 is 0 Å². The molecule has 0 saturated carbocycles. The van der Waals surface area contributed by atoms with Gasteiger partial charge in [-0.1, -0.05) is 42.5 Å². The van der Waals surface area contributed by atoms with Gasteiger partial charge in [0.05, 0.1) is 6.61 Å². The predicted molar refractivity (Wildman–Crippen MR) is 106 cm³/mol. The molecule has 0 heterocycles. The number of unbranched alkanes of at least 4 members (excludes halogenated alkanes) is 2. The summed E-state index contributed by atoms with van der Waals surface area (Å²) in [5, 5.41) is 6.07. The van der Waals surface area contributed by atoms with E-state index in [1.165, 1.54) is 30.9 Å². The molecule has 4 nitrogen and oxygen atoms in total. The van der Waals surface area contributed by atoms with Crippen LogP contribution in [0, 0.1) is 0 Å². The van der Waals surface area contributed by atoms with Crippen molar-refractivity contribution in [2.45, 2.75) is 39.2 Å². The molecule has 4 heteroatoms. The Bertz CT molecular complexity index is 626. The zero-order valence-corrected chi connectivity index (χ0v) is 15.7. The van der Waals surface area contributed by atoms with Gasteiger partial charge in [-0.2, -0.15) is 0 Å². The van der Waals surface area contributed by atoms with Gasteiger partial charge in [-0.05, 0) is 48.9 Å². The van der Waals surface area contributed by atoms with Gasteiger partial charge in [0.2, 0.25) is 5.91 Å². The van der Waals surface area contributed by atoms with Gasteiger partial charge in [0.15, 0.2) is 0 Å². The van der Waals surface area contributed by atoms with Crippen LogP contribution in [-0.2, 0) is 17.8 Å². The molecule has 0 aliphatic carbocycles. The average Bonchev–Trinajstić information content (AvgIpc) is 2.66. The molecule has 0 saturated heterocycles. The highest BCUT2D eigenvalue weighted by Crippen LogP contribution is 2.13. The third kappa shape index (κ3) is 8.67. The Morgan fingerprint density at radius 1 is 0.885 bits per heavy atom. The highest BCUT2D eigenvalue weighted by atomic mass is 16.5. The smallest absolute Gasteiger partial charge is 0.216 e. The van der Waals surface area contributed by atoms with E-state index in [9.17, 15) is 4.79 Å². The zero-order chi connectivity index (χ0) is 18.5. The van der Waals surface area contributed by atoms with E-state index in [1.807, 2.05) is 12.1 Å². The molecule has 0 bridgehead atoms. The summed E-state index contributed by atoms with van der Waals surface area (Å²) in [7, 11) is 0. The van der Waals surface area contributed by atoms with Crippen LogP contribution in [-0.4, -0.2) is 25.6 Å². The third-order valence-corrected chi connectivity index (χ3v) is 4.15. The Morgan fingerprint density at radius 2 is 1.65 bits per heavy atom. The van der Waals surface area contributed by atoms with Gasteiger partial charge in [0, 0.05) is 26.6 Å². The highest BCUT2D eigenvalue weighted by molar-refractivity contribution is 5.72. The van der Waals surface area contributed by atoms with Crippen molar-refractivity contribution < 1.29 is 9.53 Å². The summed E-state index contributed by atoms with van der Waals surface area (Å²) in [5.74, 6) is 0.934. The lowest BCUT2D eigenvalue weighted by molar-refractivity contribution is -0.118. The fraction of sp³-hybridized carbons (Fsp3) is 0.409. The van der Waals surface area contributed by atoms with Crippen LogP contribution in [0.4, 0.5) is 0 Å². The Labute approximate surface area is 157 Å². The van der Waals surface area contributed by atoms with Crippen LogP contribution in [0.5, 0.6) is 5.75 Å². The van der Waals surface area contributed by atoms with Crippen molar-refractivity contribution in [1.29, 1.82) is 0 Å². The van der Waals surface area contributed by atoms with E-state index in [0.29, 0.717) is 6.54 Å². The van der Waals surface area contributed by atoms with Crippen LogP contribution < -0.4 is 15.4 Å². The second kappa shape index (κ2) is 12.1. The summed E-state index contributed by atoms with van der Waals surface area (Å²) in [6.45, 7) is 4.51. The molecule has 0 aromatic heterocycles. The molecule has 0 spiro atoms. The molecule has 140 valence electrons. The van der Waals surface area contributed by atoms with Gasteiger partial charge in [0.1, 0.15) is 5.75 Å². The molecular weight excluding hydrogens is 324 g/mol. The maximum absolute atomic E-state index is 10.8. The number of rotatable bonds is 12. The fourth-order valence-corrected chi connectivity index (χ4v) is 2.71. The molecular formula is C22H30N2O2. The molecule has 0 aliphatic heterocycles. The van der Waals surface area contributed by atoms with Crippen molar-refractivity contribution in [3.63, 3.8) is 0 Å². The summed E-state index contributed by atoms with van der Waals surface area (Å²) in [6.07, 6.45) is 4.62. The van der Waals surface area contributed by atoms with Crippen LogP contribution in [0.25, 0.3) is 0 Å². The Morgan fingerprint density at radius 3 is 2.38 bits per heavy atom. The number of carbonyl (C=O) groups excluding carboxylic acids is 1. The first kappa shape index (κ1) is 20.0. The number of aryl methyl sites for hydroxylation is 1. The van der Waals surface area contributed by atoms with E-state index in [0.717, 1.165) is 38.3 Å². The quantitative estimate of drug-likeness (QED) is 0.571. The Kier molecular flexibility index (Phi) is 9.30. The summed E-state index contributed by atoms with van der Waals surface area (Å²) >= 11 is 0. The van der Waals surface area contributed by atoms with Gasteiger partial charge >= 0.3 is 0 Å². The van der Waals surface area contributed by atoms with Gasteiger partial charge in [-0.3, -0.25) is 4.79 Å². The number of amides is 1. The lowest BCUT2D eigenvalue weighted by Crippen LogP contribution is -2.29. The van der Waals surface area contributed by atoms with Gasteiger partial charge in [-0.15, -0.1) is 0 Å². The minimum atomic E-state index is 0.00775. The van der Waals surface area contributed by atoms with Crippen molar-refractivity contribution >= 4 is 5.91 Å². The van der Waals surface area contributed by atoms with E-state index in [-0.39, 0.29) is 5.91 Å². The molecule has 0 radical (unpaired) electrons. The zero-order valence-electron chi connectivity index (χ0n) is 15.7. The average molecular weight is 354 g/mol. The first-order chi connectivity index (χ1) is 12.7. The molecule has 0 aliphatic rings. The van der Waals surface area contributed by atoms with Crippen molar-refractivity contribution in [2.75, 3.05) is 19.7 Å². The lowest BCUT2D eigenvalue weighted by Gasteiger charge is -2.08. The number of benzene rings is 2. The minimum absolute atomic E-state index is 0.00775. The van der Waals surface area contributed by atoms with E-state index in [2.05, 4.69) is 53.1 Å². The SMILES string of the molecule is CC(=O)NCCNCc1ccc(OCCCCCc2ccccc2)cc1. The van der Waals surface area contributed by atoms with E-state index >= 15 is 0 Å². The number of hydrogen-bond acceptors (Lipinski definition) is 3. The largest absolute Gasteiger partial charge is 0.494 e. The van der Waals surface area contributed by atoms with Crippen molar-refractivity contribution in [2.24, 2.45) is 0 Å². The normalized spacial score (nSPS) is 10.5. The molecule has 1 amide bonds. The lowest BCUT2D eigenvalue weighted by atomic mass is 10.1. The first-order valence-electron chi connectivity index (χ1n) is 9.45. The van der Waals surface area contributed by atoms with Gasteiger partial charge in [-0.25, -0.2) is 0 Å². The maximum atomic E-state index is 10.8. The van der Waals surface area contributed by atoms with Crippen LogP contribution in [0.2, 0.25) is 0 Å². The second-order valence-electron chi connectivity index (χ2n) is 6.45. The number of carbonyl (C=O) groups is 1. The molecule has 2 N–H and O–H groups in total.